The molecule has 0 radical (unpaired) electrons. The first-order chi connectivity index (χ1) is 10.6. The molecule has 0 saturated carbocycles. The number of amides is 1. The number of benzene rings is 1. The van der Waals surface area contributed by atoms with Crippen LogP contribution in [-0.2, 0) is 4.79 Å². The van der Waals surface area contributed by atoms with Crippen molar-refractivity contribution < 1.29 is 13.9 Å². The van der Waals surface area contributed by atoms with Crippen LogP contribution in [0.15, 0.2) is 24.3 Å². The number of nitrogens with zero attached hydrogens (tertiary/aromatic N) is 1. The van der Waals surface area contributed by atoms with Gasteiger partial charge in [-0.3, -0.25) is 4.79 Å². The second-order valence-corrected chi connectivity index (χ2v) is 5.87. The lowest BCUT2D eigenvalue weighted by atomic mass is 9.93. The van der Waals surface area contributed by atoms with Crippen LogP contribution in [0, 0.1) is 11.7 Å². The monoisotopic (exact) mass is 308 g/mol. The maximum Gasteiger partial charge on any atom is 0.263 e. The molecule has 1 N–H and O–H groups in total. The second-order valence-electron chi connectivity index (χ2n) is 5.87. The van der Waals surface area contributed by atoms with Crippen molar-refractivity contribution in [3.8, 4) is 5.75 Å². The number of halogens is 1. The summed E-state index contributed by atoms with van der Waals surface area (Å²) in [6, 6.07) is 5.76. The molecule has 0 aliphatic carbocycles. The normalized spacial score (nSPS) is 17.3. The maximum absolute atomic E-state index is 12.9. The molecular weight excluding hydrogens is 283 g/mol. The lowest BCUT2D eigenvalue weighted by Crippen LogP contribution is -2.45. The van der Waals surface area contributed by atoms with Crippen molar-refractivity contribution in [2.75, 3.05) is 26.7 Å². The molecule has 1 unspecified atom stereocenters. The third-order valence-corrected chi connectivity index (χ3v) is 4.20. The van der Waals surface area contributed by atoms with Crippen LogP contribution in [0.25, 0.3) is 0 Å². The first-order valence-corrected chi connectivity index (χ1v) is 7.95. The molecule has 1 aromatic carbocycles. The van der Waals surface area contributed by atoms with Gasteiger partial charge in [0.1, 0.15) is 11.6 Å². The Labute approximate surface area is 131 Å². The first-order valence-electron chi connectivity index (χ1n) is 7.95. The summed E-state index contributed by atoms with van der Waals surface area (Å²) in [6.07, 6.45) is 2.73. The molecular formula is C17H25FN2O2. The first kappa shape index (κ1) is 16.7. The quantitative estimate of drug-likeness (QED) is 0.877. The molecule has 22 heavy (non-hydrogen) atoms. The summed E-state index contributed by atoms with van der Waals surface area (Å²) in [5.74, 6) is 0.919. The van der Waals surface area contributed by atoms with Crippen LogP contribution in [0.3, 0.4) is 0 Å². The van der Waals surface area contributed by atoms with E-state index < -0.39 is 6.10 Å². The number of hydrogen-bond donors (Lipinski definition) is 1. The molecule has 1 saturated heterocycles. The zero-order valence-corrected chi connectivity index (χ0v) is 13.3. The number of carbonyl (C=O) groups is 1. The number of piperidine rings is 1. The Hall–Kier alpha value is -1.62. The topological polar surface area (TPSA) is 41.6 Å². The predicted octanol–water partition coefficient (Wildman–Crippen LogP) is 2.44. The van der Waals surface area contributed by atoms with Gasteiger partial charge in [0, 0.05) is 13.1 Å². The van der Waals surface area contributed by atoms with Crippen LogP contribution >= 0.6 is 0 Å². The van der Waals surface area contributed by atoms with Crippen LogP contribution in [0.2, 0.25) is 0 Å². The summed E-state index contributed by atoms with van der Waals surface area (Å²) in [5.41, 5.74) is 0. The number of ether oxygens (including phenoxy) is 1. The van der Waals surface area contributed by atoms with Gasteiger partial charge in [0.15, 0.2) is 6.10 Å². The van der Waals surface area contributed by atoms with E-state index in [9.17, 15) is 9.18 Å². The zero-order valence-electron chi connectivity index (χ0n) is 13.3. The van der Waals surface area contributed by atoms with Crippen molar-refractivity contribution in [2.45, 2.75) is 32.3 Å². The van der Waals surface area contributed by atoms with E-state index >= 15 is 0 Å². The van der Waals surface area contributed by atoms with Gasteiger partial charge in [-0.2, -0.15) is 0 Å². The summed E-state index contributed by atoms with van der Waals surface area (Å²) < 4.78 is 18.5. The summed E-state index contributed by atoms with van der Waals surface area (Å²) in [6.45, 7) is 4.37. The number of carbonyl (C=O) groups excluding carboxylic acids is 1. The standard InChI is InChI=1S/C17H25FN2O2/c1-13(22-16-5-3-15(18)4-6-16)17(21)20-11-8-14(9-12-20)7-10-19-2/h3-6,13-14,19H,7-12H2,1-2H3. The van der Waals surface area contributed by atoms with Gasteiger partial charge < -0.3 is 15.0 Å². The summed E-state index contributed by atoms with van der Waals surface area (Å²) in [4.78, 5) is 14.3. The average Bonchev–Trinajstić information content (AvgIpc) is 2.55. The van der Waals surface area contributed by atoms with Crippen molar-refractivity contribution in [2.24, 2.45) is 5.92 Å². The highest BCUT2D eigenvalue weighted by Crippen LogP contribution is 2.21. The molecule has 5 heteroatoms. The molecule has 1 aromatic rings. The minimum atomic E-state index is -0.542. The van der Waals surface area contributed by atoms with Gasteiger partial charge in [-0.1, -0.05) is 0 Å². The number of likely N-dealkylation sites (tertiary alicyclic amines) is 1. The number of hydrogen-bond acceptors (Lipinski definition) is 3. The van der Waals surface area contributed by atoms with E-state index in [0.29, 0.717) is 11.7 Å². The molecule has 1 fully saturated rings. The van der Waals surface area contributed by atoms with Crippen LogP contribution < -0.4 is 10.1 Å². The van der Waals surface area contributed by atoms with Crippen molar-refractivity contribution in [1.29, 1.82) is 0 Å². The fourth-order valence-corrected chi connectivity index (χ4v) is 2.82. The molecule has 0 spiro atoms. The Morgan fingerprint density at radius 2 is 2.00 bits per heavy atom. The molecule has 1 aliphatic rings. The molecule has 1 heterocycles. The van der Waals surface area contributed by atoms with Crippen LogP contribution in [0.4, 0.5) is 4.39 Å². The Morgan fingerprint density at radius 3 is 2.59 bits per heavy atom. The Balaban J connectivity index is 1.80. The van der Waals surface area contributed by atoms with Crippen molar-refractivity contribution in [1.82, 2.24) is 10.2 Å². The second kappa shape index (κ2) is 8.13. The highest BCUT2D eigenvalue weighted by atomic mass is 19.1. The van der Waals surface area contributed by atoms with Crippen molar-refractivity contribution in [3.63, 3.8) is 0 Å². The minimum Gasteiger partial charge on any atom is -0.481 e. The Morgan fingerprint density at radius 1 is 1.36 bits per heavy atom. The molecule has 1 atom stereocenters. The van der Waals surface area contributed by atoms with Gasteiger partial charge in [-0.25, -0.2) is 4.39 Å². The van der Waals surface area contributed by atoms with E-state index in [-0.39, 0.29) is 11.7 Å². The zero-order chi connectivity index (χ0) is 15.9. The summed E-state index contributed by atoms with van der Waals surface area (Å²) in [7, 11) is 1.97. The van der Waals surface area contributed by atoms with Crippen LogP contribution in [0.5, 0.6) is 5.75 Å². The van der Waals surface area contributed by atoms with Gasteiger partial charge in [0.05, 0.1) is 0 Å². The summed E-state index contributed by atoms with van der Waals surface area (Å²) in [5, 5.41) is 3.17. The lowest BCUT2D eigenvalue weighted by molar-refractivity contribution is -0.139. The number of nitrogens with one attached hydrogen (secondary N) is 1. The van der Waals surface area contributed by atoms with Gasteiger partial charge in [-0.15, -0.1) is 0 Å². The van der Waals surface area contributed by atoms with Crippen LogP contribution in [-0.4, -0.2) is 43.6 Å². The van der Waals surface area contributed by atoms with Crippen molar-refractivity contribution >= 4 is 5.91 Å². The van der Waals surface area contributed by atoms with E-state index in [1.54, 1.807) is 19.1 Å². The average molecular weight is 308 g/mol. The predicted molar refractivity (Wildman–Crippen MR) is 84.3 cm³/mol. The molecule has 1 amide bonds. The van der Waals surface area contributed by atoms with E-state index in [0.717, 1.165) is 32.5 Å². The van der Waals surface area contributed by atoms with E-state index in [1.165, 1.54) is 18.6 Å². The lowest BCUT2D eigenvalue weighted by Gasteiger charge is -2.33. The maximum atomic E-state index is 12.9. The van der Waals surface area contributed by atoms with E-state index in [4.69, 9.17) is 4.74 Å². The largest absolute Gasteiger partial charge is 0.481 e. The third kappa shape index (κ3) is 4.70. The van der Waals surface area contributed by atoms with Gasteiger partial charge >= 0.3 is 0 Å². The van der Waals surface area contributed by atoms with Gasteiger partial charge in [0.2, 0.25) is 0 Å². The molecule has 0 aromatic heterocycles. The summed E-state index contributed by atoms with van der Waals surface area (Å²) >= 11 is 0. The molecule has 2 rings (SSSR count). The Kier molecular flexibility index (Phi) is 6.19. The van der Waals surface area contributed by atoms with Gasteiger partial charge in [-0.05, 0) is 70.0 Å². The molecule has 122 valence electrons. The fourth-order valence-electron chi connectivity index (χ4n) is 2.82. The van der Waals surface area contributed by atoms with Crippen LogP contribution in [0.1, 0.15) is 26.2 Å². The molecule has 4 nitrogen and oxygen atoms in total. The molecule has 1 aliphatic heterocycles. The Bertz CT molecular complexity index is 470. The smallest absolute Gasteiger partial charge is 0.263 e. The highest BCUT2D eigenvalue weighted by Gasteiger charge is 2.26. The SMILES string of the molecule is CNCCC1CCN(C(=O)C(C)Oc2ccc(F)cc2)CC1. The van der Waals surface area contributed by atoms with E-state index in [1.807, 2.05) is 11.9 Å². The number of rotatable bonds is 6. The fraction of sp³-hybridized carbons (Fsp3) is 0.588. The van der Waals surface area contributed by atoms with E-state index in [2.05, 4.69) is 5.32 Å². The van der Waals surface area contributed by atoms with Crippen molar-refractivity contribution in [3.05, 3.63) is 30.1 Å². The highest BCUT2D eigenvalue weighted by molar-refractivity contribution is 5.81. The molecule has 0 bridgehead atoms. The third-order valence-electron chi connectivity index (χ3n) is 4.20. The minimum absolute atomic E-state index is 0.0105. The van der Waals surface area contributed by atoms with Gasteiger partial charge in [0.25, 0.3) is 5.91 Å².